The third-order valence-corrected chi connectivity index (χ3v) is 3.82. The summed E-state index contributed by atoms with van der Waals surface area (Å²) < 4.78 is 5.37. The molecule has 8 heteroatoms. The number of rotatable bonds is 4. The quantitative estimate of drug-likeness (QED) is 0.882. The van der Waals surface area contributed by atoms with Crippen molar-refractivity contribution in [3.8, 4) is 0 Å². The predicted octanol–water partition coefficient (Wildman–Crippen LogP) is 1.27. The Balaban J connectivity index is 1.77. The summed E-state index contributed by atoms with van der Waals surface area (Å²) in [7, 11) is 0. The van der Waals surface area contributed by atoms with Gasteiger partial charge in [-0.15, -0.1) is 0 Å². The molecule has 0 unspecified atom stereocenters. The Hall–Kier alpha value is -2.12. The zero-order valence-electron chi connectivity index (χ0n) is 11.9. The molecule has 2 aromatic rings. The second kappa shape index (κ2) is 6.76. The van der Waals surface area contributed by atoms with Crippen molar-refractivity contribution >= 4 is 23.1 Å². The van der Waals surface area contributed by atoms with E-state index in [0.29, 0.717) is 25.4 Å². The van der Waals surface area contributed by atoms with E-state index in [0.717, 1.165) is 24.5 Å². The first kappa shape index (κ1) is 14.8. The maximum atomic E-state index is 11.4. The van der Waals surface area contributed by atoms with Crippen molar-refractivity contribution in [2.24, 2.45) is 0 Å². The maximum absolute atomic E-state index is 11.4. The molecular formula is C14H16ClN5O2. The van der Waals surface area contributed by atoms with Crippen LogP contribution in [0.2, 0.25) is 5.02 Å². The van der Waals surface area contributed by atoms with Gasteiger partial charge in [0.1, 0.15) is 10.8 Å². The molecule has 116 valence electrons. The van der Waals surface area contributed by atoms with Gasteiger partial charge in [0.15, 0.2) is 0 Å². The van der Waals surface area contributed by atoms with E-state index in [1.165, 1.54) is 6.20 Å². The molecule has 0 aliphatic carbocycles. The van der Waals surface area contributed by atoms with Gasteiger partial charge in [-0.1, -0.05) is 17.7 Å². The summed E-state index contributed by atoms with van der Waals surface area (Å²) in [4.78, 5) is 18.1. The highest BCUT2D eigenvalue weighted by Crippen LogP contribution is 2.21. The fraction of sp³-hybridized carbons (Fsp3) is 0.357. The van der Waals surface area contributed by atoms with Gasteiger partial charge in [0.2, 0.25) is 0 Å². The molecule has 3 rings (SSSR count). The van der Waals surface area contributed by atoms with Crippen LogP contribution >= 0.6 is 11.6 Å². The van der Waals surface area contributed by atoms with Crippen LogP contribution in [0.3, 0.4) is 0 Å². The lowest BCUT2D eigenvalue weighted by Crippen LogP contribution is -2.37. The molecule has 2 aromatic heterocycles. The highest BCUT2D eigenvalue weighted by Gasteiger charge is 2.16. The zero-order valence-corrected chi connectivity index (χ0v) is 12.6. The molecule has 0 bridgehead atoms. The molecule has 1 fully saturated rings. The minimum Gasteiger partial charge on any atom is -0.378 e. The number of anilines is 2. The van der Waals surface area contributed by atoms with Gasteiger partial charge in [0, 0.05) is 31.4 Å². The third-order valence-electron chi connectivity index (χ3n) is 3.44. The van der Waals surface area contributed by atoms with Crippen LogP contribution in [-0.2, 0) is 11.3 Å². The van der Waals surface area contributed by atoms with Crippen LogP contribution in [-0.4, -0.2) is 41.5 Å². The first-order valence-corrected chi connectivity index (χ1v) is 7.37. The van der Waals surface area contributed by atoms with Gasteiger partial charge in [-0.3, -0.25) is 4.79 Å². The topological polar surface area (TPSA) is 83.1 Å². The molecule has 7 nitrogen and oxygen atoms in total. The Morgan fingerprint density at radius 3 is 3.05 bits per heavy atom. The number of aromatic nitrogens is 3. The minimum absolute atomic E-state index is 0.104. The lowest BCUT2D eigenvalue weighted by atomic mass is 10.2. The number of nitrogens with zero attached hydrogens (tertiary/aromatic N) is 3. The average Bonchev–Trinajstić information content (AvgIpc) is 2.57. The Morgan fingerprint density at radius 1 is 1.41 bits per heavy atom. The molecule has 0 saturated carbocycles. The Bertz CT molecular complexity index is 700. The summed E-state index contributed by atoms with van der Waals surface area (Å²) in [5.74, 6) is 0.923. The monoisotopic (exact) mass is 321 g/mol. The SMILES string of the molecule is O=c1[nH]ncc(NCc2cccnc2N2CCOCC2)c1Cl. The first-order chi connectivity index (χ1) is 10.8. The number of pyridine rings is 1. The second-order valence-electron chi connectivity index (χ2n) is 4.87. The van der Waals surface area contributed by atoms with Crippen molar-refractivity contribution in [1.82, 2.24) is 15.2 Å². The number of ether oxygens (including phenoxy) is 1. The van der Waals surface area contributed by atoms with E-state index in [4.69, 9.17) is 16.3 Å². The number of halogens is 1. The molecule has 1 saturated heterocycles. The van der Waals surface area contributed by atoms with E-state index in [1.54, 1.807) is 6.20 Å². The van der Waals surface area contributed by atoms with E-state index >= 15 is 0 Å². The van der Waals surface area contributed by atoms with E-state index < -0.39 is 5.56 Å². The Labute approximate surface area is 132 Å². The van der Waals surface area contributed by atoms with Crippen LogP contribution in [0, 0.1) is 0 Å². The van der Waals surface area contributed by atoms with Crippen LogP contribution < -0.4 is 15.8 Å². The molecule has 3 heterocycles. The fourth-order valence-electron chi connectivity index (χ4n) is 2.33. The van der Waals surface area contributed by atoms with Gasteiger partial charge >= 0.3 is 0 Å². The van der Waals surface area contributed by atoms with Crippen LogP contribution in [0.5, 0.6) is 0 Å². The van der Waals surface area contributed by atoms with Gasteiger partial charge in [-0.05, 0) is 6.07 Å². The molecule has 0 atom stereocenters. The molecule has 0 radical (unpaired) electrons. The van der Waals surface area contributed by atoms with Crippen molar-refractivity contribution in [1.29, 1.82) is 0 Å². The van der Waals surface area contributed by atoms with Crippen LogP contribution in [0.1, 0.15) is 5.56 Å². The van der Waals surface area contributed by atoms with E-state index in [-0.39, 0.29) is 5.02 Å². The van der Waals surface area contributed by atoms with Crippen molar-refractivity contribution in [3.05, 3.63) is 45.5 Å². The molecule has 0 aromatic carbocycles. The van der Waals surface area contributed by atoms with E-state index in [2.05, 4.69) is 25.4 Å². The van der Waals surface area contributed by atoms with Gasteiger partial charge in [-0.2, -0.15) is 5.10 Å². The number of H-pyrrole nitrogens is 1. The summed E-state index contributed by atoms with van der Waals surface area (Å²) in [6, 6.07) is 3.89. The lowest BCUT2D eigenvalue weighted by molar-refractivity contribution is 0.122. The molecule has 0 spiro atoms. The molecule has 1 aliphatic rings. The summed E-state index contributed by atoms with van der Waals surface area (Å²) in [6.45, 7) is 3.54. The summed E-state index contributed by atoms with van der Waals surface area (Å²) in [5.41, 5.74) is 1.12. The van der Waals surface area contributed by atoms with Crippen molar-refractivity contribution < 1.29 is 4.74 Å². The Morgan fingerprint density at radius 2 is 2.23 bits per heavy atom. The zero-order chi connectivity index (χ0) is 15.4. The third kappa shape index (κ3) is 3.20. The van der Waals surface area contributed by atoms with Crippen molar-refractivity contribution in [2.75, 3.05) is 36.5 Å². The van der Waals surface area contributed by atoms with E-state index in [9.17, 15) is 4.79 Å². The summed E-state index contributed by atoms with van der Waals surface area (Å²) >= 11 is 5.96. The smallest absolute Gasteiger partial charge is 0.285 e. The number of hydrogen-bond acceptors (Lipinski definition) is 6. The van der Waals surface area contributed by atoms with Gasteiger partial charge < -0.3 is 15.0 Å². The highest BCUT2D eigenvalue weighted by atomic mass is 35.5. The van der Waals surface area contributed by atoms with Crippen molar-refractivity contribution in [2.45, 2.75) is 6.54 Å². The number of aromatic amines is 1. The van der Waals surface area contributed by atoms with Crippen LogP contribution in [0.4, 0.5) is 11.5 Å². The fourth-order valence-corrected chi connectivity index (χ4v) is 2.48. The lowest BCUT2D eigenvalue weighted by Gasteiger charge is -2.29. The number of morpholine rings is 1. The number of nitrogens with one attached hydrogen (secondary N) is 2. The summed E-state index contributed by atoms with van der Waals surface area (Å²) in [6.07, 6.45) is 3.27. The molecular weight excluding hydrogens is 306 g/mol. The van der Waals surface area contributed by atoms with Gasteiger partial charge in [0.05, 0.1) is 25.1 Å². The molecule has 0 amide bonds. The second-order valence-corrected chi connectivity index (χ2v) is 5.24. The standard InChI is InChI=1S/C14H16ClN5O2/c15-12-11(9-18-19-14(12)21)17-8-10-2-1-3-16-13(10)20-4-6-22-7-5-20/h1-3,9H,4-8H2,(H2,17,19,21). The highest BCUT2D eigenvalue weighted by molar-refractivity contribution is 6.32. The summed E-state index contributed by atoms with van der Waals surface area (Å²) in [5, 5.41) is 9.27. The molecule has 2 N–H and O–H groups in total. The minimum atomic E-state index is -0.411. The maximum Gasteiger partial charge on any atom is 0.285 e. The predicted molar refractivity (Wildman–Crippen MR) is 84.5 cm³/mol. The van der Waals surface area contributed by atoms with Crippen LogP contribution in [0.25, 0.3) is 0 Å². The normalized spacial score (nSPS) is 14.9. The molecule has 1 aliphatic heterocycles. The van der Waals surface area contributed by atoms with Gasteiger partial charge in [-0.25, -0.2) is 10.1 Å². The number of hydrogen-bond donors (Lipinski definition) is 2. The Kier molecular flexibility index (Phi) is 4.55. The van der Waals surface area contributed by atoms with Crippen LogP contribution in [0.15, 0.2) is 29.3 Å². The van der Waals surface area contributed by atoms with E-state index in [1.807, 2.05) is 12.1 Å². The molecule has 22 heavy (non-hydrogen) atoms. The largest absolute Gasteiger partial charge is 0.378 e. The van der Waals surface area contributed by atoms with Crippen molar-refractivity contribution in [3.63, 3.8) is 0 Å². The first-order valence-electron chi connectivity index (χ1n) is 6.99. The van der Waals surface area contributed by atoms with Gasteiger partial charge in [0.25, 0.3) is 5.56 Å². The average molecular weight is 322 g/mol.